The van der Waals surface area contributed by atoms with Crippen molar-refractivity contribution in [3.63, 3.8) is 0 Å². The molecule has 3 heterocycles. The van der Waals surface area contributed by atoms with E-state index in [0.717, 1.165) is 32.6 Å². The van der Waals surface area contributed by atoms with Crippen LogP contribution in [0.1, 0.15) is 11.1 Å². The molecule has 1 aromatic carbocycles. The fourth-order valence-corrected chi connectivity index (χ4v) is 4.10. The summed E-state index contributed by atoms with van der Waals surface area (Å²) in [6.07, 6.45) is 0.875. The average molecular weight is 328 g/mol. The van der Waals surface area contributed by atoms with Crippen molar-refractivity contribution in [1.82, 2.24) is 20.4 Å². The Kier molecular flexibility index (Phi) is 4.14. The fourth-order valence-electron chi connectivity index (χ4n) is 4.10. The zero-order valence-corrected chi connectivity index (χ0v) is 13.8. The average Bonchev–Trinajstić information content (AvgIpc) is 3.21. The third-order valence-electron chi connectivity index (χ3n) is 5.55. The van der Waals surface area contributed by atoms with Crippen molar-refractivity contribution in [3.8, 4) is 0 Å². The maximum Gasteiger partial charge on any atom is 0.318 e. The largest absolute Gasteiger partial charge is 0.340 e. The van der Waals surface area contributed by atoms with Gasteiger partial charge in [-0.2, -0.15) is 0 Å². The number of nitrogens with one attached hydrogen (secondary N) is 2. The van der Waals surface area contributed by atoms with Gasteiger partial charge in [0.2, 0.25) is 5.91 Å². The molecule has 0 aromatic heterocycles. The van der Waals surface area contributed by atoms with Crippen molar-refractivity contribution >= 4 is 11.9 Å². The molecule has 0 saturated carbocycles. The van der Waals surface area contributed by atoms with Crippen LogP contribution in [0.5, 0.6) is 0 Å². The molecule has 2 fully saturated rings. The van der Waals surface area contributed by atoms with Gasteiger partial charge in [0.25, 0.3) is 0 Å². The first kappa shape index (κ1) is 15.4. The van der Waals surface area contributed by atoms with Crippen LogP contribution in [0.25, 0.3) is 0 Å². The van der Waals surface area contributed by atoms with E-state index in [0.29, 0.717) is 24.9 Å². The van der Waals surface area contributed by atoms with Crippen molar-refractivity contribution in [1.29, 1.82) is 0 Å². The normalized spacial score (nSPS) is 25.3. The van der Waals surface area contributed by atoms with Crippen LogP contribution in [0, 0.1) is 11.8 Å². The summed E-state index contributed by atoms with van der Waals surface area (Å²) < 4.78 is 0. The number of carbonyl (C=O) groups is 2. The van der Waals surface area contributed by atoms with Gasteiger partial charge in [0.05, 0.1) is 6.54 Å². The van der Waals surface area contributed by atoms with Crippen LogP contribution in [-0.4, -0.2) is 61.0 Å². The number of urea groups is 1. The molecule has 2 N–H and O–H groups in total. The number of carbonyl (C=O) groups excluding carboxylic acids is 2. The van der Waals surface area contributed by atoms with E-state index in [1.165, 1.54) is 11.1 Å². The molecule has 4 rings (SSSR count). The van der Waals surface area contributed by atoms with E-state index in [-0.39, 0.29) is 18.5 Å². The number of fused-ring (bicyclic) bond motifs is 2. The van der Waals surface area contributed by atoms with Crippen LogP contribution in [0.4, 0.5) is 4.79 Å². The minimum absolute atomic E-state index is 0.0372. The number of amides is 3. The molecule has 24 heavy (non-hydrogen) atoms. The van der Waals surface area contributed by atoms with Crippen molar-refractivity contribution in [2.75, 3.05) is 39.3 Å². The predicted octanol–water partition coefficient (Wildman–Crippen LogP) is 0.432. The van der Waals surface area contributed by atoms with Crippen LogP contribution in [0.3, 0.4) is 0 Å². The first-order valence-electron chi connectivity index (χ1n) is 8.79. The molecular weight excluding hydrogens is 304 g/mol. The maximum absolute atomic E-state index is 12.4. The van der Waals surface area contributed by atoms with Gasteiger partial charge < -0.3 is 20.4 Å². The molecule has 6 heteroatoms. The lowest BCUT2D eigenvalue weighted by atomic mass is 10.0. The van der Waals surface area contributed by atoms with E-state index in [4.69, 9.17) is 0 Å². The summed E-state index contributed by atoms with van der Waals surface area (Å²) in [7, 11) is 0. The lowest BCUT2D eigenvalue weighted by molar-refractivity contribution is -0.129. The lowest BCUT2D eigenvalue weighted by Crippen LogP contribution is -2.47. The smallest absolute Gasteiger partial charge is 0.318 e. The van der Waals surface area contributed by atoms with Crippen LogP contribution in [-0.2, 0) is 17.8 Å². The Hall–Kier alpha value is -2.08. The third kappa shape index (κ3) is 2.98. The van der Waals surface area contributed by atoms with Gasteiger partial charge in [-0.1, -0.05) is 24.3 Å². The summed E-state index contributed by atoms with van der Waals surface area (Å²) >= 11 is 0. The molecule has 3 aliphatic heterocycles. The Morgan fingerprint density at radius 1 is 1.08 bits per heavy atom. The summed E-state index contributed by atoms with van der Waals surface area (Å²) in [5, 5.41) is 6.18. The quantitative estimate of drug-likeness (QED) is 0.828. The van der Waals surface area contributed by atoms with E-state index in [2.05, 4.69) is 22.8 Å². The molecule has 2 atom stereocenters. The van der Waals surface area contributed by atoms with Gasteiger partial charge in [0.15, 0.2) is 0 Å². The molecule has 1 aromatic rings. The molecule has 3 amide bonds. The minimum Gasteiger partial charge on any atom is -0.340 e. The van der Waals surface area contributed by atoms with Crippen LogP contribution in [0.15, 0.2) is 24.3 Å². The first-order chi connectivity index (χ1) is 11.7. The van der Waals surface area contributed by atoms with Crippen LogP contribution in [0.2, 0.25) is 0 Å². The summed E-state index contributed by atoms with van der Waals surface area (Å²) in [6, 6.07) is 8.08. The second-order valence-electron chi connectivity index (χ2n) is 7.08. The number of hydrogen-bond donors (Lipinski definition) is 2. The van der Waals surface area contributed by atoms with Gasteiger partial charge in [-0.25, -0.2) is 4.79 Å². The molecule has 128 valence electrons. The highest BCUT2D eigenvalue weighted by atomic mass is 16.2. The van der Waals surface area contributed by atoms with Crippen molar-refractivity contribution in [3.05, 3.63) is 35.4 Å². The van der Waals surface area contributed by atoms with Crippen LogP contribution >= 0.6 is 0 Å². The Bertz CT molecular complexity index is 636. The van der Waals surface area contributed by atoms with Crippen molar-refractivity contribution in [2.45, 2.75) is 13.0 Å². The van der Waals surface area contributed by atoms with E-state index >= 15 is 0 Å². The highest BCUT2D eigenvalue weighted by Crippen LogP contribution is 2.26. The zero-order valence-electron chi connectivity index (χ0n) is 13.8. The summed E-state index contributed by atoms with van der Waals surface area (Å²) in [5.74, 6) is 1.21. The van der Waals surface area contributed by atoms with E-state index < -0.39 is 0 Å². The zero-order chi connectivity index (χ0) is 16.5. The molecular formula is C18H24N4O2. The van der Waals surface area contributed by atoms with Crippen molar-refractivity contribution in [2.24, 2.45) is 11.8 Å². The minimum atomic E-state index is -0.140. The van der Waals surface area contributed by atoms with Gasteiger partial charge in [-0.05, 0) is 29.4 Å². The standard InChI is InChI=1S/C18H24N4O2/c23-17(22-11-15-7-19-8-16(15)12-22)9-20-18(24)21-6-5-13-3-1-2-4-14(13)10-21/h1-4,15-16,19H,5-12H2,(H,20,24)/t15-,16+. The summed E-state index contributed by atoms with van der Waals surface area (Å²) in [5.41, 5.74) is 2.51. The highest BCUT2D eigenvalue weighted by Gasteiger charge is 2.38. The highest BCUT2D eigenvalue weighted by molar-refractivity contribution is 5.84. The number of hydrogen-bond acceptors (Lipinski definition) is 3. The Labute approximate surface area is 142 Å². The van der Waals surface area contributed by atoms with Gasteiger partial charge in [0, 0.05) is 39.3 Å². The van der Waals surface area contributed by atoms with Gasteiger partial charge in [-0.3, -0.25) is 4.79 Å². The van der Waals surface area contributed by atoms with Crippen LogP contribution < -0.4 is 10.6 Å². The van der Waals surface area contributed by atoms with E-state index in [1.807, 2.05) is 17.0 Å². The Morgan fingerprint density at radius 3 is 2.54 bits per heavy atom. The second kappa shape index (κ2) is 6.43. The molecule has 0 aliphatic carbocycles. The monoisotopic (exact) mass is 328 g/mol. The lowest BCUT2D eigenvalue weighted by Gasteiger charge is -2.29. The molecule has 0 spiro atoms. The molecule has 3 aliphatic rings. The number of benzene rings is 1. The molecule has 0 bridgehead atoms. The second-order valence-corrected chi connectivity index (χ2v) is 7.08. The van der Waals surface area contributed by atoms with E-state index in [9.17, 15) is 9.59 Å². The Morgan fingerprint density at radius 2 is 1.79 bits per heavy atom. The maximum atomic E-state index is 12.4. The van der Waals surface area contributed by atoms with Crippen molar-refractivity contribution < 1.29 is 9.59 Å². The molecule has 0 unspecified atom stereocenters. The SMILES string of the molecule is O=C(CNC(=O)N1CCc2ccccc2C1)N1C[C@H]2CNC[C@H]2C1. The van der Waals surface area contributed by atoms with Gasteiger partial charge >= 0.3 is 6.03 Å². The number of nitrogens with zero attached hydrogens (tertiary/aromatic N) is 2. The first-order valence-corrected chi connectivity index (χ1v) is 8.79. The number of rotatable bonds is 2. The fraction of sp³-hybridized carbons (Fsp3) is 0.556. The predicted molar refractivity (Wildman–Crippen MR) is 90.4 cm³/mol. The Balaban J connectivity index is 1.27. The number of likely N-dealkylation sites (tertiary alicyclic amines) is 1. The van der Waals surface area contributed by atoms with Gasteiger partial charge in [0.1, 0.15) is 0 Å². The van der Waals surface area contributed by atoms with E-state index in [1.54, 1.807) is 4.90 Å². The topological polar surface area (TPSA) is 64.7 Å². The summed E-state index contributed by atoms with van der Waals surface area (Å²) in [4.78, 5) is 28.4. The molecule has 2 saturated heterocycles. The van der Waals surface area contributed by atoms with Gasteiger partial charge in [-0.15, -0.1) is 0 Å². The molecule has 6 nitrogen and oxygen atoms in total. The summed E-state index contributed by atoms with van der Waals surface area (Å²) in [6.45, 7) is 5.09. The third-order valence-corrected chi connectivity index (χ3v) is 5.55. The molecule has 0 radical (unpaired) electrons.